The number of aromatic amines is 1. The Morgan fingerprint density at radius 3 is 2.64 bits per heavy atom. The van der Waals surface area contributed by atoms with Gasteiger partial charge in [0.05, 0.1) is 0 Å². The van der Waals surface area contributed by atoms with Crippen molar-refractivity contribution in [3.8, 4) is 5.75 Å². The van der Waals surface area contributed by atoms with Gasteiger partial charge in [-0.3, -0.25) is 0 Å². The zero-order valence-electron chi connectivity index (χ0n) is 8.76. The fourth-order valence-corrected chi connectivity index (χ4v) is 1.78. The van der Waals surface area contributed by atoms with Gasteiger partial charge < -0.3 is 10.1 Å². The number of aryl methyl sites for hydroxylation is 1. The monoisotopic (exact) mass is 189 g/mol. The first kappa shape index (κ1) is 9.13. The van der Waals surface area contributed by atoms with E-state index in [1.807, 2.05) is 25.3 Å². The summed E-state index contributed by atoms with van der Waals surface area (Å²) in [5.74, 6) is 0.748. The van der Waals surface area contributed by atoms with Crippen molar-refractivity contribution in [2.24, 2.45) is 0 Å². The fraction of sp³-hybridized carbons (Fsp3) is 0.333. The predicted octanol–water partition coefficient (Wildman–Crippen LogP) is 3.31. The summed E-state index contributed by atoms with van der Waals surface area (Å²) < 4.78 is 0. The number of phenolic OH excluding ortho intramolecular Hbond substituents is 1. The number of aromatic hydroxyl groups is 1. The molecule has 0 spiro atoms. The van der Waals surface area contributed by atoms with Crippen molar-refractivity contribution in [3.63, 3.8) is 0 Å². The van der Waals surface area contributed by atoms with Crippen molar-refractivity contribution in [1.82, 2.24) is 4.98 Å². The van der Waals surface area contributed by atoms with Gasteiger partial charge in [-0.2, -0.15) is 0 Å². The van der Waals surface area contributed by atoms with Gasteiger partial charge in [0.15, 0.2) is 0 Å². The number of benzene rings is 1. The largest absolute Gasteiger partial charge is 0.508 e. The minimum Gasteiger partial charge on any atom is -0.508 e. The van der Waals surface area contributed by atoms with Gasteiger partial charge in [-0.1, -0.05) is 13.8 Å². The average Bonchev–Trinajstić information content (AvgIpc) is 2.46. The summed E-state index contributed by atoms with van der Waals surface area (Å²) >= 11 is 0. The van der Waals surface area contributed by atoms with E-state index in [-0.39, 0.29) is 0 Å². The molecule has 2 N–H and O–H groups in total. The molecule has 2 heteroatoms. The average molecular weight is 189 g/mol. The second-order valence-electron chi connectivity index (χ2n) is 4.08. The van der Waals surface area contributed by atoms with Gasteiger partial charge in [0.25, 0.3) is 0 Å². The lowest BCUT2D eigenvalue weighted by atomic mass is 10.00. The lowest BCUT2D eigenvalue weighted by molar-refractivity contribution is 0.466. The van der Waals surface area contributed by atoms with Crippen LogP contribution in [0.25, 0.3) is 10.9 Å². The standard InChI is InChI=1S/C12H15NO/c1-7(2)9-4-11-10(5-12(9)14)8(3)6-13-11/h4-7,13-14H,1-3H3. The number of aromatic nitrogens is 1. The molecule has 0 atom stereocenters. The molecule has 0 saturated carbocycles. The highest BCUT2D eigenvalue weighted by atomic mass is 16.3. The molecular weight excluding hydrogens is 174 g/mol. The van der Waals surface area contributed by atoms with Crippen LogP contribution < -0.4 is 0 Å². The van der Waals surface area contributed by atoms with Crippen LogP contribution in [0, 0.1) is 6.92 Å². The molecule has 14 heavy (non-hydrogen) atoms. The second kappa shape index (κ2) is 3.05. The Kier molecular flexibility index (Phi) is 1.99. The Hall–Kier alpha value is -1.44. The number of rotatable bonds is 1. The van der Waals surface area contributed by atoms with Gasteiger partial charge in [-0.25, -0.2) is 0 Å². The molecular formula is C12H15NO. The normalized spacial score (nSPS) is 11.4. The molecule has 0 aliphatic carbocycles. The van der Waals surface area contributed by atoms with E-state index in [9.17, 15) is 5.11 Å². The highest BCUT2D eigenvalue weighted by Gasteiger charge is 2.09. The molecule has 2 rings (SSSR count). The molecule has 2 aromatic rings. The Balaban J connectivity index is 2.72. The Labute approximate surface area is 83.6 Å². The van der Waals surface area contributed by atoms with Crippen LogP contribution in [-0.4, -0.2) is 10.1 Å². The minimum absolute atomic E-state index is 0.350. The van der Waals surface area contributed by atoms with E-state index in [2.05, 4.69) is 18.8 Å². The molecule has 0 saturated heterocycles. The molecule has 0 unspecified atom stereocenters. The summed E-state index contributed by atoms with van der Waals surface area (Å²) in [7, 11) is 0. The highest BCUT2D eigenvalue weighted by Crippen LogP contribution is 2.31. The Morgan fingerprint density at radius 1 is 1.29 bits per heavy atom. The van der Waals surface area contributed by atoms with Crippen LogP contribution in [-0.2, 0) is 0 Å². The lowest BCUT2D eigenvalue weighted by Crippen LogP contribution is -1.88. The SMILES string of the molecule is Cc1c[nH]c2cc(C(C)C)c(O)cc12. The molecule has 0 radical (unpaired) electrons. The van der Waals surface area contributed by atoms with Crippen molar-refractivity contribution in [1.29, 1.82) is 0 Å². The maximum absolute atomic E-state index is 9.81. The van der Waals surface area contributed by atoms with E-state index in [4.69, 9.17) is 0 Å². The quantitative estimate of drug-likeness (QED) is 0.709. The molecule has 1 heterocycles. The number of hydrogen-bond acceptors (Lipinski definition) is 1. The summed E-state index contributed by atoms with van der Waals surface area (Å²) in [6.45, 7) is 6.20. The van der Waals surface area contributed by atoms with E-state index in [0.717, 1.165) is 16.5 Å². The van der Waals surface area contributed by atoms with E-state index in [1.54, 1.807) is 0 Å². The third-order valence-corrected chi connectivity index (χ3v) is 2.66. The molecule has 0 fully saturated rings. The van der Waals surface area contributed by atoms with Crippen LogP contribution in [0.15, 0.2) is 18.3 Å². The molecule has 1 aromatic carbocycles. The third kappa shape index (κ3) is 1.27. The first-order chi connectivity index (χ1) is 6.59. The third-order valence-electron chi connectivity index (χ3n) is 2.66. The highest BCUT2D eigenvalue weighted by molar-refractivity contribution is 5.85. The van der Waals surface area contributed by atoms with Gasteiger partial charge in [0.1, 0.15) is 5.75 Å². The maximum atomic E-state index is 9.81. The summed E-state index contributed by atoms with van der Waals surface area (Å²) in [5, 5.41) is 10.9. The summed E-state index contributed by atoms with van der Waals surface area (Å²) in [6, 6.07) is 3.87. The van der Waals surface area contributed by atoms with E-state index < -0.39 is 0 Å². The summed E-state index contributed by atoms with van der Waals surface area (Å²) in [6.07, 6.45) is 1.97. The smallest absolute Gasteiger partial charge is 0.119 e. The first-order valence-corrected chi connectivity index (χ1v) is 4.90. The number of nitrogens with one attached hydrogen (secondary N) is 1. The molecule has 0 aliphatic heterocycles. The fourth-order valence-electron chi connectivity index (χ4n) is 1.78. The summed E-state index contributed by atoms with van der Waals surface area (Å²) in [4.78, 5) is 3.20. The molecule has 74 valence electrons. The van der Waals surface area contributed by atoms with Crippen LogP contribution in [0.3, 0.4) is 0 Å². The Morgan fingerprint density at radius 2 is 2.00 bits per heavy atom. The van der Waals surface area contributed by atoms with E-state index in [0.29, 0.717) is 11.7 Å². The second-order valence-corrected chi connectivity index (χ2v) is 4.08. The van der Waals surface area contributed by atoms with Gasteiger partial charge in [-0.15, -0.1) is 0 Å². The molecule has 1 aromatic heterocycles. The minimum atomic E-state index is 0.350. The summed E-state index contributed by atoms with van der Waals surface area (Å²) in [5.41, 5.74) is 3.27. The number of hydrogen-bond donors (Lipinski definition) is 2. The zero-order chi connectivity index (χ0) is 10.3. The van der Waals surface area contributed by atoms with Crippen LogP contribution >= 0.6 is 0 Å². The van der Waals surface area contributed by atoms with Gasteiger partial charge >= 0.3 is 0 Å². The van der Waals surface area contributed by atoms with Crippen LogP contribution in [0.2, 0.25) is 0 Å². The lowest BCUT2D eigenvalue weighted by Gasteiger charge is -2.08. The molecule has 0 amide bonds. The maximum Gasteiger partial charge on any atom is 0.119 e. The van der Waals surface area contributed by atoms with Crippen LogP contribution in [0.4, 0.5) is 0 Å². The first-order valence-electron chi connectivity index (χ1n) is 4.90. The zero-order valence-corrected chi connectivity index (χ0v) is 8.76. The topological polar surface area (TPSA) is 36.0 Å². The molecule has 2 nitrogen and oxygen atoms in total. The van der Waals surface area contributed by atoms with Crippen molar-refractivity contribution >= 4 is 10.9 Å². The van der Waals surface area contributed by atoms with Crippen LogP contribution in [0.5, 0.6) is 5.75 Å². The van der Waals surface area contributed by atoms with Gasteiger partial charge in [0.2, 0.25) is 0 Å². The number of fused-ring (bicyclic) bond motifs is 1. The van der Waals surface area contributed by atoms with Crippen molar-refractivity contribution in [2.45, 2.75) is 26.7 Å². The molecule has 0 aliphatic rings. The predicted molar refractivity (Wildman–Crippen MR) is 58.8 cm³/mol. The van der Waals surface area contributed by atoms with Crippen LogP contribution in [0.1, 0.15) is 30.9 Å². The number of H-pyrrole nitrogens is 1. The van der Waals surface area contributed by atoms with Gasteiger partial charge in [-0.05, 0) is 36.1 Å². The molecule has 0 bridgehead atoms. The Bertz CT molecular complexity index is 468. The van der Waals surface area contributed by atoms with Crippen molar-refractivity contribution in [3.05, 3.63) is 29.5 Å². The van der Waals surface area contributed by atoms with E-state index >= 15 is 0 Å². The van der Waals surface area contributed by atoms with E-state index in [1.165, 1.54) is 5.56 Å². The van der Waals surface area contributed by atoms with Crippen molar-refractivity contribution in [2.75, 3.05) is 0 Å². The van der Waals surface area contributed by atoms with Crippen molar-refractivity contribution < 1.29 is 5.11 Å². The number of phenols is 1. The van der Waals surface area contributed by atoms with Gasteiger partial charge in [0, 0.05) is 17.1 Å².